The van der Waals surface area contributed by atoms with Gasteiger partial charge in [0.1, 0.15) is 5.69 Å². The number of hydrogen-bond donors (Lipinski definition) is 1. The van der Waals surface area contributed by atoms with Crippen LogP contribution in [-0.2, 0) is 13.5 Å². The van der Waals surface area contributed by atoms with E-state index in [4.69, 9.17) is 0 Å². The molecule has 7 nitrogen and oxygen atoms in total. The van der Waals surface area contributed by atoms with Crippen molar-refractivity contribution in [3.63, 3.8) is 0 Å². The number of benzene rings is 2. The predicted octanol–water partition coefficient (Wildman–Crippen LogP) is 3.90. The zero-order chi connectivity index (χ0) is 19.8. The van der Waals surface area contributed by atoms with Crippen molar-refractivity contribution in [1.82, 2.24) is 9.55 Å². The van der Waals surface area contributed by atoms with Crippen LogP contribution in [-0.4, -0.2) is 20.3 Å². The Kier molecular flexibility index (Phi) is 4.43. The van der Waals surface area contributed by atoms with E-state index >= 15 is 0 Å². The van der Waals surface area contributed by atoms with Crippen LogP contribution in [0, 0.1) is 16.0 Å². The Morgan fingerprint density at radius 3 is 2.79 bits per heavy atom. The van der Waals surface area contributed by atoms with E-state index in [-0.39, 0.29) is 28.9 Å². The third-order valence-electron chi connectivity index (χ3n) is 5.29. The molecule has 1 aromatic heterocycles. The Morgan fingerprint density at radius 2 is 2.07 bits per heavy atom. The lowest BCUT2D eigenvalue weighted by Gasteiger charge is -2.20. The summed E-state index contributed by atoms with van der Waals surface area (Å²) in [4.78, 5) is 27.9. The quantitative estimate of drug-likeness (QED) is 0.414. The van der Waals surface area contributed by atoms with Gasteiger partial charge in [0, 0.05) is 31.1 Å². The first-order valence-corrected chi connectivity index (χ1v) is 9.10. The van der Waals surface area contributed by atoms with Crippen LogP contribution >= 0.6 is 0 Å². The second kappa shape index (κ2) is 6.92. The Labute approximate surface area is 162 Å². The molecule has 28 heavy (non-hydrogen) atoms. The SMILES string of the molecule is CC1Cc2ccccc2C1Nc1ccc(C(=O)c2nccn2C)cc1[N+](=O)[O-]. The van der Waals surface area contributed by atoms with Gasteiger partial charge in [-0.25, -0.2) is 4.98 Å². The Hall–Kier alpha value is -3.48. The van der Waals surface area contributed by atoms with Gasteiger partial charge < -0.3 is 9.88 Å². The highest BCUT2D eigenvalue weighted by Gasteiger charge is 2.31. The minimum atomic E-state index is -0.455. The lowest BCUT2D eigenvalue weighted by Crippen LogP contribution is -2.16. The highest BCUT2D eigenvalue weighted by molar-refractivity contribution is 6.07. The van der Waals surface area contributed by atoms with E-state index < -0.39 is 4.92 Å². The van der Waals surface area contributed by atoms with Crippen LogP contribution in [0.2, 0.25) is 0 Å². The largest absolute Gasteiger partial charge is 0.372 e. The number of nitro groups is 1. The molecule has 0 spiro atoms. The molecule has 0 amide bonds. The van der Waals surface area contributed by atoms with Gasteiger partial charge in [0.05, 0.1) is 11.0 Å². The van der Waals surface area contributed by atoms with Gasteiger partial charge in [0.15, 0.2) is 5.82 Å². The first-order chi connectivity index (χ1) is 13.5. The van der Waals surface area contributed by atoms with Crippen molar-refractivity contribution in [3.05, 3.63) is 87.5 Å². The van der Waals surface area contributed by atoms with E-state index in [1.807, 2.05) is 12.1 Å². The third-order valence-corrected chi connectivity index (χ3v) is 5.29. The monoisotopic (exact) mass is 376 g/mol. The molecule has 1 aliphatic carbocycles. The molecule has 0 saturated carbocycles. The topological polar surface area (TPSA) is 90.1 Å². The number of hydrogen-bond acceptors (Lipinski definition) is 5. The molecule has 1 aliphatic rings. The summed E-state index contributed by atoms with van der Waals surface area (Å²) >= 11 is 0. The highest BCUT2D eigenvalue weighted by Crippen LogP contribution is 2.40. The van der Waals surface area contributed by atoms with Crippen LogP contribution in [0.5, 0.6) is 0 Å². The molecule has 2 unspecified atom stereocenters. The number of carbonyl (C=O) groups excluding carboxylic acids is 1. The number of nitrogens with zero attached hydrogens (tertiary/aromatic N) is 3. The van der Waals surface area contributed by atoms with Crippen molar-refractivity contribution >= 4 is 17.2 Å². The molecule has 0 radical (unpaired) electrons. The first-order valence-electron chi connectivity index (χ1n) is 9.10. The standard InChI is InChI=1S/C21H20N4O3/c1-13-11-14-5-3-4-6-16(14)19(13)23-17-8-7-15(12-18(17)25(27)28)20(26)21-22-9-10-24(21)2/h3-10,12-13,19,23H,11H2,1-2H3. The summed E-state index contributed by atoms with van der Waals surface area (Å²) in [5.74, 6) is 0.209. The molecule has 142 valence electrons. The van der Waals surface area contributed by atoms with Gasteiger partial charge in [-0.1, -0.05) is 31.2 Å². The van der Waals surface area contributed by atoms with Crippen LogP contribution in [0.1, 0.15) is 40.3 Å². The van der Waals surface area contributed by atoms with E-state index in [9.17, 15) is 14.9 Å². The van der Waals surface area contributed by atoms with Crippen molar-refractivity contribution in [3.8, 4) is 0 Å². The van der Waals surface area contributed by atoms with Crippen molar-refractivity contribution in [2.75, 3.05) is 5.32 Å². The van der Waals surface area contributed by atoms with E-state index in [0.29, 0.717) is 11.6 Å². The smallest absolute Gasteiger partial charge is 0.293 e. The van der Waals surface area contributed by atoms with Crippen LogP contribution in [0.4, 0.5) is 11.4 Å². The van der Waals surface area contributed by atoms with Crippen LogP contribution in [0.15, 0.2) is 54.9 Å². The van der Waals surface area contributed by atoms with Gasteiger partial charge in [-0.2, -0.15) is 0 Å². The number of nitro benzene ring substituents is 1. The molecular formula is C21H20N4O3. The van der Waals surface area contributed by atoms with Gasteiger partial charge >= 0.3 is 0 Å². The molecule has 1 N–H and O–H groups in total. The fraction of sp³-hybridized carbons (Fsp3) is 0.238. The van der Waals surface area contributed by atoms with Gasteiger partial charge in [0.2, 0.25) is 5.78 Å². The number of carbonyl (C=O) groups is 1. The zero-order valence-corrected chi connectivity index (χ0v) is 15.6. The highest BCUT2D eigenvalue weighted by atomic mass is 16.6. The average Bonchev–Trinajstić information content (AvgIpc) is 3.24. The Morgan fingerprint density at radius 1 is 1.29 bits per heavy atom. The Balaban J connectivity index is 1.68. The number of fused-ring (bicyclic) bond motifs is 1. The number of ketones is 1. The van der Waals surface area contributed by atoms with Crippen LogP contribution in [0.25, 0.3) is 0 Å². The summed E-state index contributed by atoms with van der Waals surface area (Å²) in [6, 6.07) is 12.7. The number of aryl methyl sites for hydroxylation is 1. The van der Waals surface area contributed by atoms with Crippen molar-refractivity contribution in [1.29, 1.82) is 0 Å². The summed E-state index contributed by atoms with van der Waals surface area (Å²) in [6.45, 7) is 2.13. The first kappa shape index (κ1) is 17.9. The van der Waals surface area contributed by atoms with Crippen molar-refractivity contribution < 1.29 is 9.72 Å². The summed E-state index contributed by atoms with van der Waals surface area (Å²) in [7, 11) is 1.71. The third kappa shape index (κ3) is 3.05. The van der Waals surface area contributed by atoms with E-state index in [1.54, 1.807) is 29.9 Å². The van der Waals surface area contributed by atoms with Gasteiger partial charge in [-0.3, -0.25) is 14.9 Å². The Bertz CT molecular complexity index is 1070. The predicted molar refractivity (Wildman–Crippen MR) is 105 cm³/mol. The minimum absolute atomic E-state index is 0.00834. The summed E-state index contributed by atoms with van der Waals surface area (Å²) < 4.78 is 1.59. The molecule has 0 fully saturated rings. The van der Waals surface area contributed by atoms with Crippen molar-refractivity contribution in [2.24, 2.45) is 13.0 Å². The molecule has 0 saturated heterocycles. The molecule has 0 bridgehead atoms. The zero-order valence-electron chi connectivity index (χ0n) is 15.6. The number of rotatable bonds is 5. The number of anilines is 1. The van der Waals surface area contributed by atoms with E-state index in [1.165, 1.54) is 17.8 Å². The van der Waals surface area contributed by atoms with Crippen LogP contribution in [0.3, 0.4) is 0 Å². The maximum absolute atomic E-state index is 12.6. The maximum atomic E-state index is 12.6. The molecular weight excluding hydrogens is 356 g/mol. The van der Waals surface area contributed by atoms with Gasteiger partial charge in [0.25, 0.3) is 5.69 Å². The molecule has 2 aromatic carbocycles. The minimum Gasteiger partial charge on any atom is -0.372 e. The van der Waals surface area contributed by atoms with E-state index in [2.05, 4.69) is 29.4 Å². The summed E-state index contributed by atoms with van der Waals surface area (Å²) in [6.07, 6.45) is 4.12. The summed E-state index contributed by atoms with van der Waals surface area (Å²) in [5, 5.41) is 15.0. The molecule has 7 heteroatoms. The lowest BCUT2D eigenvalue weighted by atomic mass is 10.0. The maximum Gasteiger partial charge on any atom is 0.293 e. The van der Waals surface area contributed by atoms with Crippen molar-refractivity contribution in [2.45, 2.75) is 19.4 Å². The van der Waals surface area contributed by atoms with Gasteiger partial charge in [-0.15, -0.1) is 0 Å². The number of nitrogens with one attached hydrogen (secondary N) is 1. The molecule has 0 aliphatic heterocycles. The molecule has 4 rings (SSSR count). The number of aromatic nitrogens is 2. The molecule has 3 aromatic rings. The average molecular weight is 376 g/mol. The lowest BCUT2D eigenvalue weighted by molar-refractivity contribution is -0.384. The fourth-order valence-corrected chi connectivity index (χ4v) is 3.84. The van der Waals surface area contributed by atoms with E-state index in [0.717, 1.165) is 12.0 Å². The van der Waals surface area contributed by atoms with Gasteiger partial charge in [-0.05, 0) is 35.6 Å². The second-order valence-electron chi connectivity index (χ2n) is 7.18. The fourth-order valence-electron chi connectivity index (χ4n) is 3.84. The molecule has 1 heterocycles. The number of imidazole rings is 1. The second-order valence-corrected chi connectivity index (χ2v) is 7.18. The normalized spacial score (nSPS) is 17.9. The van der Waals surface area contributed by atoms with Crippen LogP contribution < -0.4 is 5.32 Å². The molecule has 2 atom stereocenters. The summed E-state index contributed by atoms with van der Waals surface area (Å²) in [5.41, 5.74) is 2.96.